The first-order valence-corrected chi connectivity index (χ1v) is 8.98. The molecule has 3 aromatic rings. The summed E-state index contributed by atoms with van der Waals surface area (Å²) in [6.45, 7) is 12.2. The van der Waals surface area contributed by atoms with E-state index < -0.39 is 0 Å². The van der Waals surface area contributed by atoms with Crippen LogP contribution in [-0.4, -0.2) is 5.11 Å². The number of hydrogen-bond donors (Lipinski definition) is 1. The van der Waals surface area contributed by atoms with Crippen LogP contribution in [0.2, 0.25) is 0 Å². The summed E-state index contributed by atoms with van der Waals surface area (Å²) in [7, 11) is 0. The smallest absolute Gasteiger partial charge is 0.123 e. The van der Waals surface area contributed by atoms with Gasteiger partial charge in [0.25, 0.3) is 0 Å². The van der Waals surface area contributed by atoms with Gasteiger partial charge in [-0.25, -0.2) is 0 Å². The normalized spacial score (nSPS) is 10.9. The van der Waals surface area contributed by atoms with E-state index in [0.29, 0.717) is 5.75 Å². The van der Waals surface area contributed by atoms with Crippen molar-refractivity contribution in [2.24, 2.45) is 0 Å². The third-order valence-electron chi connectivity index (χ3n) is 4.27. The number of rotatable bonds is 0. The van der Waals surface area contributed by atoms with Crippen molar-refractivity contribution in [2.45, 2.75) is 48.0 Å². The molecule has 0 saturated carbocycles. The summed E-state index contributed by atoms with van der Waals surface area (Å²) in [5.41, 5.74) is 7.74. The largest absolute Gasteiger partial charge is 0.507 e. The Balaban J connectivity index is 0.000000487. The molecule has 126 valence electrons. The zero-order valence-electron chi connectivity index (χ0n) is 15.7. The highest BCUT2D eigenvalue weighted by molar-refractivity contribution is 6.04. The molecule has 1 aliphatic rings. The highest BCUT2D eigenvalue weighted by atomic mass is 16.3. The van der Waals surface area contributed by atoms with Crippen molar-refractivity contribution < 1.29 is 5.11 Å². The van der Waals surface area contributed by atoms with Gasteiger partial charge in [0.05, 0.1) is 0 Å². The van der Waals surface area contributed by atoms with E-state index in [1.54, 1.807) is 0 Å². The Hall–Kier alpha value is -2.28. The molecule has 0 aromatic heterocycles. The molecule has 1 nitrogen and oxygen atoms in total. The van der Waals surface area contributed by atoms with Gasteiger partial charge >= 0.3 is 0 Å². The maximum atomic E-state index is 10.3. The summed E-state index contributed by atoms with van der Waals surface area (Å²) in [4.78, 5) is 0. The minimum atomic E-state index is 0.392. The molecule has 0 bridgehead atoms. The van der Waals surface area contributed by atoms with Crippen LogP contribution in [0.3, 0.4) is 0 Å². The lowest BCUT2D eigenvalue weighted by molar-refractivity contribution is 0.481. The standard InChI is InChI=1S/C19H16O.2C2H6/c1-11-3-5-13-9-14-10-18(20)15-6-4-12(2)8-17(15)19(14)16(13)7-11;2*1-2/h3-8,10,20H,9H2,1-2H3;2*1-2H3. The van der Waals surface area contributed by atoms with E-state index in [2.05, 4.69) is 44.2 Å². The van der Waals surface area contributed by atoms with E-state index in [-0.39, 0.29) is 0 Å². The number of hydrogen-bond acceptors (Lipinski definition) is 1. The van der Waals surface area contributed by atoms with Gasteiger partial charge in [0.2, 0.25) is 0 Å². The van der Waals surface area contributed by atoms with Crippen molar-refractivity contribution in [1.29, 1.82) is 0 Å². The Labute approximate surface area is 146 Å². The summed E-state index contributed by atoms with van der Waals surface area (Å²) in [6, 6.07) is 14.8. The van der Waals surface area contributed by atoms with Gasteiger partial charge in [0, 0.05) is 5.39 Å². The lowest BCUT2D eigenvalue weighted by Crippen LogP contribution is -1.85. The molecule has 0 amide bonds. The van der Waals surface area contributed by atoms with Gasteiger partial charge in [-0.1, -0.05) is 75.2 Å². The van der Waals surface area contributed by atoms with Gasteiger partial charge in [-0.3, -0.25) is 0 Å². The predicted octanol–water partition coefficient (Wildman–Crippen LogP) is 6.79. The van der Waals surface area contributed by atoms with Crippen molar-refractivity contribution in [3.63, 3.8) is 0 Å². The molecule has 0 atom stereocenters. The van der Waals surface area contributed by atoms with Crippen molar-refractivity contribution in [1.82, 2.24) is 0 Å². The van der Waals surface area contributed by atoms with Crippen LogP contribution in [0.1, 0.15) is 49.9 Å². The molecule has 0 aliphatic heterocycles. The molecule has 0 heterocycles. The summed E-state index contributed by atoms with van der Waals surface area (Å²) >= 11 is 0. The monoisotopic (exact) mass is 320 g/mol. The Morgan fingerprint density at radius 2 is 1.33 bits per heavy atom. The molecule has 1 aliphatic carbocycles. The number of aryl methyl sites for hydroxylation is 2. The van der Waals surface area contributed by atoms with Crippen LogP contribution in [0.5, 0.6) is 5.75 Å². The molecule has 3 aromatic carbocycles. The Morgan fingerprint density at radius 3 is 2.04 bits per heavy atom. The van der Waals surface area contributed by atoms with E-state index in [9.17, 15) is 5.11 Å². The van der Waals surface area contributed by atoms with Crippen LogP contribution >= 0.6 is 0 Å². The minimum Gasteiger partial charge on any atom is -0.507 e. The van der Waals surface area contributed by atoms with Crippen molar-refractivity contribution in [3.8, 4) is 16.9 Å². The highest BCUT2D eigenvalue weighted by Crippen LogP contribution is 2.44. The number of benzene rings is 3. The molecule has 0 saturated heterocycles. The highest BCUT2D eigenvalue weighted by Gasteiger charge is 2.22. The molecule has 0 unspecified atom stereocenters. The van der Waals surface area contributed by atoms with Crippen molar-refractivity contribution in [3.05, 3.63) is 64.7 Å². The zero-order valence-corrected chi connectivity index (χ0v) is 15.7. The molecule has 0 spiro atoms. The molecular formula is C23H28O. The maximum Gasteiger partial charge on any atom is 0.123 e. The van der Waals surface area contributed by atoms with E-state index >= 15 is 0 Å². The maximum absolute atomic E-state index is 10.3. The fourth-order valence-corrected chi connectivity index (χ4v) is 3.32. The van der Waals surface area contributed by atoms with Crippen LogP contribution in [0, 0.1) is 13.8 Å². The first-order valence-electron chi connectivity index (χ1n) is 8.98. The third kappa shape index (κ3) is 3.03. The summed E-state index contributed by atoms with van der Waals surface area (Å²) < 4.78 is 0. The average Bonchev–Trinajstić information content (AvgIpc) is 2.95. The Morgan fingerprint density at radius 1 is 0.708 bits per heavy atom. The first-order chi connectivity index (χ1) is 11.6. The molecular weight excluding hydrogens is 292 g/mol. The molecule has 1 heteroatoms. The fraction of sp³-hybridized carbons (Fsp3) is 0.304. The van der Waals surface area contributed by atoms with Gasteiger partial charge in [-0.15, -0.1) is 0 Å². The molecule has 0 radical (unpaired) electrons. The van der Waals surface area contributed by atoms with Crippen molar-refractivity contribution >= 4 is 10.8 Å². The third-order valence-corrected chi connectivity index (χ3v) is 4.27. The predicted molar refractivity (Wildman–Crippen MR) is 106 cm³/mol. The van der Waals surface area contributed by atoms with E-state index in [0.717, 1.165) is 11.8 Å². The second-order valence-corrected chi connectivity index (χ2v) is 5.82. The summed E-state index contributed by atoms with van der Waals surface area (Å²) in [6.07, 6.45) is 0.919. The quantitative estimate of drug-likeness (QED) is 0.378. The molecule has 1 N–H and O–H groups in total. The van der Waals surface area contributed by atoms with E-state index in [1.807, 2.05) is 39.8 Å². The second kappa shape index (κ2) is 7.53. The molecule has 24 heavy (non-hydrogen) atoms. The van der Waals surface area contributed by atoms with Gasteiger partial charge in [0.15, 0.2) is 0 Å². The minimum absolute atomic E-state index is 0.392. The van der Waals surface area contributed by atoms with E-state index in [1.165, 1.54) is 38.8 Å². The fourth-order valence-electron chi connectivity index (χ4n) is 3.32. The van der Waals surface area contributed by atoms with Gasteiger partial charge < -0.3 is 5.11 Å². The Bertz CT molecular complexity index is 860. The van der Waals surface area contributed by atoms with Crippen LogP contribution in [-0.2, 0) is 6.42 Å². The molecule has 4 rings (SSSR count). The van der Waals surface area contributed by atoms with Crippen LogP contribution in [0.4, 0.5) is 0 Å². The van der Waals surface area contributed by atoms with Crippen molar-refractivity contribution in [2.75, 3.05) is 0 Å². The Kier molecular flexibility index (Phi) is 5.66. The lowest BCUT2D eigenvalue weighted by Gasteiger charge is -2.10. The first kappa shape index (κ1) is 18.1. The molecule has 0 fully saturated rings. The van der Waals surface area contributed by atoms with E-state index in [4.69, 9.17) is 0 Å². The van der Waals surface area contributed by atoms with Crippen LogP contribution in [0.15, 0.2) is 42.5 Å². The van der Waals surface area contributed by atoms with Crippen LogP contribution in [0.25, 0.3) is 21.9 Å². The topological polar surface area (TPSA) is 20.2 Å². The lowest BCUT2D eigenvalue weighted by atomic mass is 9.95. The SMILES string of the molecule is CC.CC.Cc1ccc2c(c1)-c1c(cc(O)c3ccc(C)cc13)C2. The zero-order chi connectivity index (χ0) is 17.9. The number of fused-ring (bicyclic) bond motifs is 5. The van der Waals surface area contributed by atoms with Gasteiger partial charge in [0.1, 0.15) is 5.75 Å². The number of aromatic hydroxyl groups is 1. The van der Waals surface area contributed by atoms with Crippen LogP contribution < -0.4 is 0 Å². The average molecular weight is 320 g/mol. The summed E-state index contributed by atoms with van der Waals surface area (Å²) in [5.74, 6) is 0.392. The number of phenolic OH excluding ortho intramolecular Hbond substituents is 1. The van der Waals surface area contributed by atoms with Gasteiger partial charge in [-0.2, -0.15) is 0 Å². The summed E-state index contributed by atoms with van der Waals surface area (Å²) in [5, 5.41) is 12.4. The number of phenols is 1. The second-order valence-electron chi connectivity index (χ2n) is 5.82. The van der Waals surface area contributed by atoms with Gasteiger partial charge in [-0.05, 0) is 54.0 Å².